The van der Waals surface area contributed by atoms with Crippen LogP contribution in [0.5, 0.6) is 0 Å². The third-order valence-corrected chi connectivity index (χ3v) is 5.49. The molecule has 1 aromatic heterocycles. The minimum absolute atomic E-state index is 0. The molecule has 0 aliphatic carbocycles. The zero-order valence-corrected chi connectivity index (χ0v) is 14.4. The van der Waals surface area contributed by atoms with Gasteiger partial charge in [-0.15, -0.1) is 23.7 Å². The van der Waals surface area contributed by atoms with E-state index in [1.54, 1.807) is 11.3 Å². The Bertz CT molecular complexity index is 589. The molecule has 0 bridgehead atoms. The Labute approximate surface area is 141 Å². The van der Waals surface area contributed by atoms with Gasteiger partial charge in [-0.05, 0) is 56.3 Å². The lowest BCUT2D eigenvalue weighted by Crippen LogP contribution is -2.26. The van der Waals surface area contributed by atoms with Gasteiger partial charge in [-0.2, -0.15) is 0 Å². The molecule has 1 amide bonds. The van der Waals surface area contributed by atoms with Crippen LogP contribution in [0.25, 0.3) is 10.1 Å². The third kappa shape index (κ3) is 4.22. The number of nitrogens with one attached hydrogen (secondary N) is 2. The van der Waals surface area contributed by atoms with Crippen molar-refractivity contribution in [1.82, 2.24) is 10.6 Å². The number of hydrogen-bond acceptors (Lipinski definition) is 3. The molecule has 0 spiro atoms. The van der Waals surface area contributed by atoms with E-state index >= 15 is 0 Å². The molecule has 1 fully saturated rings. The second-order valence-corrected chi connectivity index (χ2v) is 6.99. The second-order valence-electron chi connectivity index (χ2n) is 5.87. The van der Waals surface area contributed by atoms with Gasteiger partial charge >= 0.3 is 0 Å². The van der Waals surface area contributed by atoms with Crippen molar-refractivity contribution in [3.05, 3.63) is 35.2 Å². The minimum atomic E-state index is 0. The molecule has 1 saturated heterocycles. The quantitative estimate of drug-likeness (QED) is 0.868. The summed E-state index contributed by atoms with van der Waals surface area (Å²) in [5.41, 5.74) is 0. The number of rotatable bonds is 5. The number of hydrogen-bond donors (Lipinski definition) is 2. The number of benzene rings is 1. The van der Waals surface area contributed by atoms with Gasteiger partial charge in [0.25, 0.3) is 0 Å². The summed E-state index contributed by atoms with van der Waals surface area (Å²) < 4.78 is 1.28. The van der Waals surface area contributed by atoms with Gasteiger partial charge in [-0.3, -0.25) is 4.79 Å². The fourth-order valence-electron chi connectivity index (χ4n) is 2.90. The van der Waals surface area contributed by atoms with E-state index in [9.17, 15) is 4.79 Å². The van der Waals surface area contributed by atoms with Gasteiger partial charge in [0.1, 0.15) is 0 Å². The number of amides is 1. The lowest BCUT2D eigenvalue weighted by Gasteiger charge is -2.13. The SMILES string of the molecule is CC(NC(=O)CCC1CCNC1)c1cc2ccccc2s1.Cl. The average molecular weight is 339 g/mol. The normalized spacial score (nSPS) is 18.9. The first-order valence-electron chi connectivity index (χ1n) is 7.71. The van der Waals surface area contributed by atoms with Gasteiger partial charge in [-0.25, -0.2) is 0 Å². The lowest BCUT2D eigenvalue weighted by atomic mass is 10.0. The summed E-state index contributed by atoms with van der Waals surface area (Å²) in [4.78, 5) is 13.3. The van der Waals surface area contributed by atoms with Crippen LogP contribution in [0.4, 0.5) is 0 Å². The number of carbonyl (C=O) groups is 1. The molecule has 2 aromatic rings. The maximum atomic E-state index is 12.1. The summed E-state index contributed by atoms with van der Waals surface area (Å²) >= 11 is 1.77. The number of halogens is 1. The molecule has 2 atom stereocenters. The highest BCUT2D eigenvalue weighted by molar-refractivity contribution is 7.19. The summed E-state index contributed by atoms with van der Waals surface area (Å²) in [6.45, 7) is 4.24. The van der Waals surface area contributed by atoms with Crippen LogP contribution in [-0.2, 0) is 4.79 Å². The van der Waals surface area contributed by atoms with Crippen LogP contribution < -0.4 is 10.6 Å². The van der Waals surface area contributed by atoms with Gasteiger partial charge in [0.2, 0.25) is 5.91 Å². The molecule has 0 radical (unpaired) electrons. The van der Waals surface area contributed by atoms with Crippen LogP contribution in [0.1, 0.15) is 37.1 Å². The highest BCUT2D eigenvalue weighted by Gasteiger charge is 2.17. The molecular formula is C17H23ClN2OS. The Morgan fingerprint density at radius 2 is 2.27 bits per heavy atom. The van der Waals surface area contributed by atoms with Gasteiger partial charge < -0.3 is 10.6 Å². The standard InChI is InChI=1S/C17H22N2OS.ClH/c1-12(16-10-14-4-2-3-5-15(14)21-16)19-17(20)7-6-13-8-9-18-11-13;/h2-5,10,12-13,18H,6-9,11H2,1H3,(H,19,20);1H. The van der Waals surface area contributed by atoms with E-state index in [1.807, 2.05) is 0 Å². The predicted molar refractivity (Wildman–Crippen MR) is 95.8 cm³/mol. The van der Waals surface area contributed by atoms with Crippen molar-refractivity contribution in [3.8, 4) is 0 Å². The molecule has 120 valence electrons. The smallest absolute Gasteiger partial charge is 0.220 e. The fourth-order valence-corrected chi connectivity index (χ4v) is 3.96. The zero-order valence-electron chi connectivity index (χ0n) is 12.8. The molecule has 1 aromatic carbocycles. The summed E-state index contributed by atoms with van der Waals surface area (Å²) in [5, 5.41) is 7.74. The topological polar surface area (TPSA) is 41.1 Å². The van der Waals surface area contributed by atoms with Gasteiger partial charge in [0, 0.05) is 16.0 Å². The van der Waals surface area contributed by atoms with Crippen molar-refractivity contribution < 1.29 is 4.79 Å². The largest absolute Gasteiger partial charge is 0.349 e. The fraction of sp³-hybridized carbons (Fsp3) is 0.471. The molecule has 3 nitrogen and oxygen atoms in total. The minimum Gasteiger partial charge on any atom is -0.349 e. The Kier molecular flexibility index (Phi) is 6.24. The second kappa shape index (κ2) is 7.95. The summed E-state index contributed by atoms with van der Waals surface area (Å²) in [5.74, 6) is 0.849. The summed E-state index contributed by atoms with van der Waals surface area (Å²) in [7, 11) is 0. The Morgan fingerprint density at radius 1 is 1.45 bits per heavy atom. The van der Waals surface area contributed by atoms with Crippen LogP contribution in [0.2, 0.25) is 0 Å². The average Bonchev–Trinajstić information content (AvgIpc) is 3.14. The van der Waals surface area contributed by atoms with Crippen LogP contribution in [0.15, 0.2) is 30.3 Å². The van der Waals surface area contributed by atoms with Crippen molar-refractivity contribution in [2.24, 2.45) is 5.92 Å². The van der Waals surface area contributed by atoms with Gasteiger partial charge in [0.05, 0.1) is 6.04 Å². The van der Waals surface area contributed by atoms with E-state index in [1.165, 1.54) is 21.4 Å². The van der Waals surface area contributed by atoms with E-state index in [2.05, 4.69) is 47.9 Å². The molecule has 2 N–H and O–H groups in total. The first-order valence-corrected chi connectivity index (χ1v) is 8.52. The van der Waals surface area contributed by atoms with E-state index in [4.69, 9.17) is 0 Å². The molecule has 1 aliphatic rings. The molecule has 22 heavy (non-hydrogen) atoms. The van der Waals surface area contributed by atoms with Crippen LogP contribution in [0.3, 0.4) is 0 Å². The number of carbonyl (C=O) groups excluding carboxylic acids is 1. The van der Waals surface area contributed by atoms with Crippen LogP contribution in [0, 0.1) is 5.92 Å². The van der Waals surface area contributed by atoms with Gasteiger partial charge in [-0.1, -0.05) is 18.2 Å². The molecule has 2 unspecified atom stereocenters. The van der Waals surface area contributed by atoms with Crippen LogP contribution in [-0.4, -0.2) is 19.0 Å². The Balaban J connectivity index is 0.00000176. The van der Waals surface area contributed by atoms with Crippen molar-refractivity contribution in [3.63, 3.8) is 0 Å². The molecule has 2 heterocycles. The number of thiophene rings is 1. The predicted octanol–water partition coefficient (Wildman–Crippen LogP) is 3.89. The Morgan fingerprint density at radius 3 is 3.00 bits per heavy atom. The zero-order chi connectivity index (χ0) is 14.7. The van der Waals surface area contributed by atoms with Crippen molar-refractivity contribution in [2.75, 3.05) is 13.1 Å². The Hall–Kier alpha value is -1.10. The van der Waals surface area contributed by atoms with Crippen LogP contribution >= 0.6 is 23.7 Å². The molecule has 5 heteroatoms. The highest BCUT2D eigenvalue weighted by atomic mass is 35.5. The van der Waals surface area contributed by atoms with Crippen molar-refractivity contribution in [1.29, 1.82) is 0 Å². The summed E-state index contributed by atoms with van der Waals surface area (Å²) in [6.07, 6.45) is 2.85. The molecule has 3 rings (SSSR count). The summed E-state index contributed by atoms with van der Waals surface area (Å²) in [6, 6.07) is 10.6. The van der Waals surface area contributed by atoms with Crippen molar-refractivity contribution in [2.45, 2.75) is 32.2 Å². The van der Waals surface area contributed by atoms with E-state index in [0.29, 0.717) is 12.3 Å². The maximum Gasteiger partial charge on any atom is 0.220 e. The van der Waals surface area contributed by atoms with Gasteiger partial charge in [0.15, 0.2) is 0 Å². The highest BCUT2D eigenvalue weighted by Crippen LogP contribution is 2.29. The lowest BCUT2D eigenvalue weighted by molar-refractivity contribution is -0.122. The van der Waals surface area contributed by atoms with Crippen molar-refractivity contribution >= 4 is 39.7 Å². The maximum absolute atomic E-state index is 12.1. The molecular weight excluding hydrogens is 316 g/mol. The first kappa shape index (κ1) is 17.3. The number of fused-ring (bicyclic) bond motifs is 1. The monoisotopic (exact) mass is 338 g/mol. The molecule has 0 saturated carbocycles. The van der Waals surface area contributed by atoms with E-state index in [-0.39, 0.29) is 24.4 Å². The van der Waals surface area contributed by atoms with E-state index < -0.39 is 0 Å². The van der Waals surface area contributed by atoms with E-state index in [0.717, 1.165) is 19.5 Å². The molecule has 1 aliphatic heterocycles. The third-order valence-electron chi connectivity index (χ3n) is 4.19. The first-order chi connectivity index (χ1) is 10.2.